The van der Waals surface area contributed by atoms with Crippen LogP contribution in [-0.2, 0) is 11.3 Å². The molecule has 23 heavy (non-hydrogen) atoms. The Labute approximate surface area is 135 Å². The Hall–Kier alpha value is -2.82. The quantitative estimate of drug-likeness (QED) is 0.771. The molecule has 0 radical (unpaired) electrons. The van der Waals surface area contributed by atoms with E-state index in [1.807, 2.05) is 30.3 Å². The summed E-state index contributed by atoms with van der Waals surface area (Å²) in [5.41, 5.74) is 2.27. The molecule has 2 rings (SSSR count). The van der Waals surface area contributed by atoms with E-state index in [0.717, 1.165) is 17.0 Å². The molecule has 0 fully saturated rings. The lowest BCUT2D eigenvalue weighted by Crippen LogP contribution is -2.29. The maximum Gasteiger partial charge on any atom is 0.239 e. The molecule has 2 aromatic rings. The highest BCUT2D eigenvalue weighted by atomic mass is 16.5. The standard InChI is InChI=1S/C18H20N2O3/c1-13(21)14-7-5-8-16(10-14)19-12-18(22)20-11-15-6-3-4-9-17(15)23-2/h3-10,19H,11-12H2,1-2H3,(H,20,22). The van der Waals surface area contributed by atoms with E-state index in [9.17, 15) is 9.59 Å². The van der Waals surface area contributed by atoms with Crippen molar-refractivity contribution >= 4 is 17.4 Å². The number of Topliss-reactive ketones (excluding diaryl/α,β-unsaturated/α-hetero) is 1. The van der Waals surface area contributed by atoms with Gasteiger partial charge in [0, 0.05) is 23.4 Å². The normalized spacial score (nSPS) is 10.0. The average Bonchev–Trinajstić information content (AvgIpc) is 2.58. The van der Waals surface area contributed by atoms with Gasteiger partial charge in [0.25, 0.3) is 0 Å². The topological polar surface area (TPSA) is 67.4 Å². The van der Waals surface area contributed by atoms with Gasteiger partial charge in [-0.3, -0.25) is 9.59 Å². The number of rotatable bonds is 7. The zero-order chi connectivity index (χ0) is 16.7. The maximum atomic E-state index is 11.9. The van der Waals surface area contributed by atoms with Gasteiger partial charge in [-0.05, 0) is 25.1 Å². The highest BCUT2D eigenvalue weighted by Gasteiger charge is 2.06. The number of para-hydroxylation sites is 1. The molecule has 5 heteroatoms. The first-order valence-corrected chi connectivity index (χ1v) is 7.33. The van der Waals surface area contributed by atoms with Gasteiger partial charge in [-0.15, -0.1) is 0 Å². The lowest BCUT2D eigenvalue weighted by atomic mass is 10.1. The van der Waals surface area contributed by atoms with Crippen LogP contribution in [0.3, 0.4) is 0 Å². The average molecular weight is 312 g/mol. The number of hydrogen-bond donors (Lipinski definition) is 2. The zero-order valence-corrected chi connectivity index (χ0v) is 13.3. The van der Waals surface area contributed by atoms with Crippen LogP contribution in [-0.4, -0.2) is 25.3 Å². The van der Waals surface area contributed by atoms with Crippen LogP contribution in [0.4, 0.5) is 5.69 Å². The Morgan fingerprint density at radius 2 is 1.87 bits per heavy atom. The molecule has 0 aromatic heterocycles. The number of carbonyl (C=O) groups is 2. The summed E-state index contributed by atoms with van der Waals surface area (Å²) in [5, 5.41) is 5.84. The molecule has 5 nitrogen and oxygen atoms in total. The van der Waals surface area contributed by atoms with E-state index in [2.05, 4.69) is 10.6 Å². The van der Waals surface area contributed by atoms with Crippen molar-refractivity contribution < 1.29 is 14.3 Å². The molecular formula is C18H20N2O3. The van der Waals surface area contributed by atoms with Crippen molar-refractivity contribution in [3.05, 3.63) is 59.7 Å². The minimum Gasteiger partial charge on any atom is -0.496 e. The summed E-state index contributed by atoms with van der Waals surface area (Å²) in [6.07, 6.45) is 0. The van der Waals surface area contributed by atoms with E-state index in [1.165, 1.54) is 6.92 Å². The summed E-state index contributed by atoms with van der Waals surface area (Å²) in [6.45, 7) is 2.05. The van der Waals surface area contributed by atoms with Gasteiger partial charge >= 0.3 is 0 Å². The van der Waals surface area contributed by atoms with Crippen LogP contribution in [0.25, 0.3) is 0 Å². The van der Waals surface area contributed by atoms with Gasteiger partial charge in [0.2, 0.25) is 5.91 Å². The molecule has 2 N–H and O–H groups in total. The lowest BCUT2D eigenvalue weighted by molar-refractivity contribution is -0.119. The second-order valence-corrected chi connectivity index (χ2v) is 5.08. The highest BCUT2D eigenvalue weighted by molar-refractivity contribution is 5.95. The van der Waals surface area contributed by atoms with Gasteiger partial charge in [-0.1, -0.05) is 30.3 Å². The summed E-state index contributed by atoms with van der Waals surface area (Å²) >= 11 is 0. The fourth-order valence-corrected chi connectivity index (χ4v) is 2.14. The third kappa shape index (κ3) is 4.85. The minimum absolute atomic E-state index is 0.00530. The van der Waals surface area contributed by atoms with Gasteiger partial charge < -0.3 is 15.4 Å². The largest absolute Gasteiger partial charge is 0.496 e. The molecule has 0 heterocycles. The van der Waals surface area contributed by atoms with Crippen molar-refractivity contribution in [2.24, 2.45) is 0 Å². The summed E-state index contributed by atoms with van der Waals surface area (Å²) in [7, 11) is 1.60. The first kappa shape index (κ1) is 16.5. The van der Waals surface area contributed by atoms with Crippen LogP contribution in [0.1, 0.15) is 22.8 Å². The van der Waals surface area contributed by atoms with Crippen LogP contribution in [0, 0.1) is 0 Å². The number of carbonyl (C=O) groups excluding carboxylic acids is 2. The summed E-state index contributed by atoms with van der Waals surface area (Å²) < 4.78 is 5.24. The fourth-order valence-electron chi connectivity index (χ4n) is 2.14. The van der Waals surface area contributed by atoms with Gasteiger partial charge in [-0.2, -0.15) is 0 Å². The molecule has 0 bridgehead atoms. The fraction of sp³-hybridized carbons (Fsp3) is 0.222. The molecule has 1 amide bonds. The molecule has 0 saturated carbocycles. The van der Waals surface area contributed by atoms with Crippen molar-refractivity contribution in [2.45, 2.75) is 13.5 Å². The van der Waals surface area contributed by atoms with E-state index in [-0.39, 0.29) is 18.2 Å². The lowest BCUT2D eigenvalue weighted by Gasteiger charge is -2.11. The monoisotopic (exact) mass is 312 g/mol. The van der Waals surface area contributed by atoms with Gasteiger partial charge in [0.05, 0.1) is 13.7 Å². The molecule has 0 atom stereocenters. The summed E-state index contributed by atoms with van der Waals surface area (Å²) in [5.74, 6) is 0.605. The maximum absolute atomic E-state index is 11.9. The number of anilines is 1. The Bertz CT molecular complexity index is 698. The number of amides is 1. The van der Waals surface area contributed by atoms with E-state index < -0.39 is 0 Å². The predicted octanol–water partition coefficient (Wildman–Crippen LogP) is 2.63. The number of methoxy groups -OCH3 is 1. The first-order valence-electron chi connectivity index (χ1n) is 7.33. The SMILES string of the molecule is COc1ccccc1CNC(=O)CNc1cccc(C(C)=O)c1. The van der Waals surface area contributed by atoms with Crippen LogP contribution >= 0.6 is 0 Å². The van der Waals surface area contributed by atoms with Crippen molar-refractivity contribution in [3.63, 3.8) is 0 Å². The van der Waals surface area contributed by atoms with Crippen LogP contribution in [0.15, 0.2) is 48.5 Å². The molecule has 0 aliphatic carbocycles. The van der Waals surface area contributed by atoms with E-state index in [4.69, 9.17) is 4.74 Å². The molecule has 0 unspecified atom stereocenters. The van der Waals surface area contributed by atoms with E-state index >= 15 is 0 Å². The van der Waals surface area contributed by atoms with Crippen molar-refractivity contribution in [3.8, 4) is 5.75 Å². The molecule has 0 saturated heterocycles. The van der Waals surface area contributed by atoms with Crippen LogP contribution < -0.4 is 15.4 Å². The first-order chi connectivity index (χ1) is 11.1. The number of benzene rings is 2. The highest BCUT2D eigenvalue weighted by Crippen LogP contribution is 2.16. The predicted molar refractivity (Wildman–Crippen MR) is 89.8 cm³/mol. The third-order valence-corrected chi connectivity index (χ3v) is 3.39. The molecule has 0 aliphatic rings. The Morgan fingerprint density at radius 3 is 2.61 bits per heavy atom. The Kier molecular flexibility index (Phi) is 5.74. The number of hydrogen-bond acceptors (Lipinski definition) is 4. The van der Waals surface area contributed by atoms with Crippen LogP contribution in [0.2, 0.25) is 0 Å². The van der Waals surface area contributed by atoms with Gasteiger partial charge in [0.1, 0.15) is 5.75 Å². The third-order valence-electron chi connectivity index (χ3n) is 3.39. The molecule has 2 aromatic carbocycles. The number of nitrogens with one attached hydrogen (secondary N) is 2. The minimum atomic E-state index is -0.135. The number of ether oxygens (including phenoxy) is 1. The van der Waals surface area contributed by atoms with Gasteiger partial charge in [-0.25, -0.2) is 0 Å². The van der Waals surface area contributed by atoms with E-state index in [1.54, 1.807) is 25.3 Å². The summed E-state index contributed by atoms with van der Waals surface area (Å²) in [6, 6.07) is 14.6. The summed E-state index contributed by atoms with van der Waals surface area (Å²) in [4.78, 5) is 23.3. The van der Waals surface area contributed by atoms with Crippen molar-refractivity contribution in [1.29, 1.82) is 0 Å². The van der Waals surface area contributed by atoms with Crippen molar-refractivity contribution in [2.75, 3.05) is 19.0 Å². The second-order valence-electron chi connectivity index (χ2n) is 5.08. The van der Waals surface area contributed by atoms with E-state index in [0.29, 0.717) is 12.1 Å². The Balaban J connectivity index is 1.86. The molecule has 0 aliphatic heterocycles. The molecule has 120 valence electrons. The smallest absolute Gasteiger partial charge is 0.239 e. The second kappa shape index (κ2) is 7.98. The molecular weight excluding hydrogens is 292 g/mol. The van der Waals surface area contributed by atoms with Crippen molar-refractivity contribution in [1.82, 2.24) is 5.32 Å². The van der Waals surface area contributed by atoms with Crippen LogP contribution in [0.5, 0.6) is 5.75 Å². The van der Waals surface area contributed by atoms with Gasteiger partial charge in [0.15, 0.2) is 5.78 Å². The zero-order valence-electron chi connectivity index (χ0n) is 13.3. The molecule has 0 spiro atoms. The Morgan fingerprint density at radius 1 is 1.09 bits per heavy atom. The number of ketones is 1.